The van der Waals surface area contributed by atoms with Crippen LogP contribution in [-0.4, -0.2) is 42.2 Å². The molecule has 6 nitrogen and oxygen atoms in total. The molecule has 1 saturated carbocycles. The maximum atomic E-state index is 13.1. The summed E-state index contributed by atoms with van der Waals surface area (Å²) in [5.74, 6) is 1.41. The van der Waals surface area contributed by atoms with Crippen LogP contribution < -0.4 is 21.3 Å². The minimum Gasteiger partial charge on any atom is -0.368 e. The van der Waals surface area contributed by atoms with Crippen molar-refractivity contribution in [2.24, 2.45) is 5.73 Å². The van der Waals surface area contributed by atoms with Crippen LogP contribution >= 0.6 is 24.8 Å². The molecule has 1 aliphatic carbocycles. The highest BCUT2D eigenvalue weighted by Crippen LogP contribution is 2.36. The molecule has 1 aromatic carbocycles. The largest absolute Gasteiger partial charge is 0.368 e. The molecule has 27 heavy (non-hydrogen) atoms. The number of piperazine rings is 1. The van der Waals surface area contributed by atoms with Crippen LogP contribution in [0.5, 0.6) is 0 Å². The number of hydrogen-bond acceptors (Lipinski definition) is 6. The predicted octanol–water partition coefficient (Wildman–Crippen LogP) is 2.57. The van der Waals surface area contributed by atoms with Gasteiger partial charge in [-0.15, -0.1) is 24.8 Å². The van der Waals surface area contributed by atoms with E-state index in [0.717, 1.165) is 56.2 Å². The summed E-state index contributed by atoms with van der Waals surface area (Å²) in [6.07, 6.45) is 1.93. The minimum absolute atomic E-state index is 0. The average molecular weight is 415 g/mol. The Morgan fingerprint density at radius 3 is 2.11 bits per heavy atom. The van der Waals surface area contributed by atoms with E-state index in [0.29, 0.717) is 11.9 Å². The van der Waals surface area contributed by atoms with Gasteiger partial charge in [0.1, 0.15) is 11.6 Å². The van der Waals surface area contributed by atoms with Crippen LogP contribution in [0.2, 0.25) is 0 Å². The van der Waals surface area contributed by atoms with E-state index in [4.69, 9.17) is 11.5 Å². The van der Waals surface area contributed by atoms with Crippen molar-refractivity contribution in [3.05, 3.63) is 41.8 Å². The smallest absolute Gasteiger partial charge is 0.222 e. The van der Waals surface area contributed by atoms with Gasteiger partial charge in [0.15, 0.2) is 0 Å². The lowest BCUT2D eigenvalue weighted by molar-refractivity contribution is 0.345. The fourth-order valence-corrected chi connectivity index (χ4v) is 3.59. The molecule has 2 fully saturated rings. The highest BCUT2D eigenvalue weighted by atomic mass is 35.5. The van der Waals surface area contributed by atoms with Gasteiger partial charge in [-0.3, -0.25) is 0 Å². The Morgan fingerprint density at radius 1 is 0.926 bits per heavy atom. The number of anilines is 3. The molecule has 4 rings (SSSR count). The van der Waals surface area contributed by atoms with Crippen LogP contribution in [-0.2, 0) is 0 Å². The van der Waals surface area contributed by atoms with Crippen molar-refractivity contribution < 1.29 is 4.39 Å². The van der Waals surface area contributed by atoms with E-state index in [2.05, 4.69) is 25.8 Å². The highest BCUT2D eigenvalue weighted by Gasteiger charge is 2.29. The molecule has 1 aromatic heterocycles. The number of nitrogen functional groups attached to an aromatic ring is 1. The monoisotopic (exact) mass is 414 g/mol. The zero-order chi connectivity index (χ0) is 17.4. The zero-order valence-electron chi connectivity index (χ0n) is 14.9. The van der Waals surface area contributed by atoms with E-state index in [-0.39, 0.29) is 36.7 Å². The van der Waals surface area contributed by atoms with Crippen molar-refractivity contribution >= 4 is 42.3 Å². The minimum atomic E-state index is -0.206. The molecule has 0 spiro atoms. The quantitative estimate of drug-likeness (QED) is 0.802. The third-order valence-electron chi connectivity index (χ3n) is 5.14. The highest BCUT2D eigenvalue weighted by molar-refractivity contribution is 5.85. The Bertz CT molecular complexity index is 746. The van der Waals surface area contributed by atoms with Gasteiger partial charge < -0.3 is 21.3 Å². The van der Waals surface area contributed by atoms with E-state index in [9.17, 15) is 4.39 Å². The SMILES string of the molecule is Cl.Cl.Nc1nc(C2CC(N)C2)cc(N2CCN(c3ccc(F)cc3)CC2)n1. The van der Waals surface area contributed by atoms with Gasteiger partial charge in [-0.2, -0.15) is 4.98 Å². The van der Waals surface area contributed by atoms with Gasteiger partial charge in [0.2, 0.25) is 5.95 Å². The van der Waals surface area contributed by atoms with E-state index in [1.54, 1.807) is 0 Å². The molecule has 0 radical (unpaired) electrons. The van der Waals surface area contributed by atoms with E-state index in [1.807, 2.05) is 12.1 Å². The molecule has 4 N–H and O–H groups in total. The Kier molecular flexibility index (Phi) is 7.08. The summed E-state index contributed by atoms with van der Waals surface area (Å²) in [4.78, 5) is 13.3. The summed E-state index contributed by atoms with van der Waals surface area (Å²) in [5, 5.41) is 0. The van der Waals surface area contributed by atoms with Gasteiger partial charge >= 0.3 is 0 Å². The second-order valence-electron chi connectivity index (χ2n) is 6.89. The number of nitrogens with zero attached hydrogens (tertiary/aromatic N) is 4. The molecule has 2 aliphatic rings. The number of aromatic nitrogens is 2. The van der Waals surface area contributed by atoms with Crippen LogP contribution in [0.4, 0.5) is 21.8 Å². The lowest BCUT2D eigenvalue weighted by Crippen LogP contribution is -2.47. The number of hydrogen-bond donors (Lipinski definition) is 2. The van der Waals surface area contributed by atoms with Crippen molar-refractivity contribution in [3.8, 4) is 0 Å². The molecule has 0 unspecified atom stereocenters. The van der Waals surface area contributed by atoms with Crippen LogP contribution in [0.15, 0.2) is 30.3 Å². The molecule has 0 bridgehead atoms. The third kappa shape index (κ3) is 4.72. The number of benzene rings is 1. The first-order valence-corrected chi connectivity index (χ1v) is 8.74. The Morgan fingerprint density at radius 2 is 1.52 bits per heavy atom. The van der Waals surface area contributed by atoms with Gasteiger partial charge in [-0.25, -0.2) is 9.37 Å². The van der Waals surface area contributed by atoms with Gasteiger partial charge in [0.05, 0.1) is 5.69 Å². The van der Waals surface area contributed by atoms with Gasteiger partial charge in [0, 0.05) is 49.9 Å². The molecule has 0 atom stereocenters. The standard InChI is InChI=1S/C18H23FN6.2ClH/c19-13-1-3-15(4-2-13)24-5-7-25(8-6-24)17-11-16(22-18(21)23-17)12-9-14(20)10-12;;/h1-4,11-12,14H,5-10,20H2,(H2,21,22,23);2*1H. The summed E-state index contributed by atoms with van der Waals surface area (Å²) < 4.78 is 13.1. The Hall–Kier alpha value is -1.83. The Balaban J connectivity index is 0.00000131. The molecular formula is C18H25Cl2FN6. The van der Waals surface area contributed by atoms with Crippen molar-refractivity contribution in [1.29, 1.82) is 0 Å². The second kappa shape index (κ2) is 8.91. The lowest BCUT2D eigenvalue weighted by atomic mass is 9.78. The second-order valence-corrected chi connectivity index (χ2v) is 6.89. The van der Waals surface area contributed by atoms with E-state index < -0.39 is 0 Å². The summed E-state index contributed by atoms with van der Waals surface area (Å²) in [5.41, 5.74) is 13.9. The van der Waals surface area contributed by atoms with Crippen molar-refractivity contribution in [3.63, 3.8) is 0 Å². The van der Waals surface area contributed by atoms with Crippen LogP contribution in [0, 0.1) is 5.82 Å². The molecule has 9 heteroatoms. The van der Waals surface area contributed by atoms with Crippen LogP contribution in [0.3, 0.4) is 0 Å². The Labute approximate surface area is 171 Å². The van der Waals surface area contributed by atoms with Gasteiger partial charge in [0.25, 0.3) is 0 Å². The molecule has 0 amide bonds. The van der Waals surface area contributed by atoms with Crippen LogP contribution in [0.1, 0.15) is 24.5 Å². The molecule has 2 heterocycles. The molecule has 2 aromatic rings. The van der Waals surface area contributed by atoms with Gasteiger partial charge in [-0.1, -0.05) is 0 Å². The first-order chi connectivity index (χ1) is 12.1. The van der Waals surface area contributed by atoms with Crippen molar-refractivity contribution in [2.45, 2.75) is 24.8 Å². The number of nitrogens with two attached hydrogens (primary N) is 2. The van der Waals surface area contributed by atoms with E-state index in [1.165, 1.54) is 12.1 Å². The third-order valence-corrected chi connectivity index (χ3v) is 5.14. The molecule has 148 valence electrons. The maximum absolute atomic E-state index is 13.1. The lowest BCUT2D eigenvalue weighted by Gasteiger charge is -2.37. The normalized spacial score (nSPS) is 21.7. The van der Waals surface area contributed by atoms with Crippen LogP contribution in [0.25, 0.3) is 0 Å². The maximum Gasteiger partial charge on any atom is 0.222 e. The first-order valence-electron chi connectivity index (χ1n) is 8.74. The molecule has 1 aliphatic heterocycles. The van der Waals surface area contributed by atoms with E-state index >= 15 is 0 Å². The summed E-state index contributed by atoms with van der Waals surface area (Å²) in [7, 11) is 0. The van der Waals surface area contributed by atoms with Crippen molar-refractivity contribution in [1.82, 2.24) is 9.97 Å². The fourth-order valence-electron chi connectivity index (χ4n) is 3.59. The molecular weight excluding hydrogens is 390 g/mol. The predicted molar refractivity (Wildman–Crippen MR) is 112 cm³/mol. The average Bonchev–Trinajstić information content (AvgIpc) is 2.59. The summed E-state index contributed by atoms with van der Waals surface area (Å²) in [6.45, 7) is 3.41. The fraction of sp³-hybridized carbons (Fsp3) is 0.444. The first kappa shape index (κ1) is 21.5. The zero-order valence-corrected chi connectivity index (χ0v) is 16.6. The molecule has 1 saturated heterocycles. The van der Waals surface area contributed by atoms with Crippen molar-refractivity contribution in [2.75, 3.05) is 41.7 Å². The number of rotatable bonds is 3. The number of halogens is 3. The topological polar surface area (TPSA) is 84.3 Å². The van der Waals surface area contributed by atoms with Gasteiger partial charge in [-0.05, 0) is 37.1 Å². The summed E-state index contributed by atoms with van der Waals surface area (Å²) >= 11 is 0. The summed E-state index contributed by atoms with van der Waals surface area (Å²) in [6, 6.07) is 8.99.